The van der Waals surface area contributed by atoms with E-state index in [1.807, 2.05) is 13.0 Å². The zero-order valence-electron chi connectivity index (χ0n) is 9.07. The number of nitrogens with zero attached hydrogens (tertiary/aromatic N) is 2. The van der Waals surface area contributed by atoms with Gasteiger partial charge in [-0.05, 0) is 19.4 Å². The lowest BCUT2D eigenvalue weighted by molar-refractivity contribution is 0.123. The monoisotopic (exact) mass is 207 g/mol. The van der Waals surface area contributed by atoms with Gasteiger partial charge in [0.05, 0.1) is 13.2 Å². The first-order valence-corrected chi connectivity index (χ1v) is 5.40. The Kier molecular flexibility index (Phi) is 3.64. The maximum Gasteiger partial charge on any atom is 0.115 e. The molecule has 1 N–H and O–H groups in total. The maximum absolute atomic E-state index is 5.50. The van der Waals surface area contributed by atoms with Crippen molar-refractivity contribution in [3.8, 4) is 0 Å². The summed E-state index contributed by atoms with van der Waals surface area (Å²) in [6.45, 7) is 5.62. The highest BCUT2D eigenvalue weighted by atomic mass is 16.5. The van der Waals surface area contributed by atoms with Gasteiger partial charge in [0.1, 0.15) is 6.33 Å². The van der Waals surface area contributed by atoms with Crippen LogP contribution in [0.1, 0.15) is 11.4 Å². The Labute approximate surface area is 90.1 Å². The van der Waals surface area contributed by atoms with Gasteiger partial charge in [0.25, 0.3) is 0 Å². The summed E-state index contributed by atoms with van der Waals surface area (Å²) in [5.74, 6) is 0.529. The van der Waals surface area contributed by atoms with Crippen LogP contribution in [0.2, 0.25) is 0 Å². The van der Waals surface area contributed by atoms with E-state index in [1.54, 1.807) is 6.33 Å². The topological polar surface area (TPSA) is 47.0 Å². The first kappa shape index (κ1) is 10.5. The molecule has 1 aliphatic rings. The first-order chi connectivity index (χ1) is 7.34. The molecule has 0 aromatic carbocycles. The Morgan fingerprint density at radius 3 is 3.33 bits per heavy atom. The summed E-state index contributed by atoms with van der Waals surface area (Å²) in [6, 6.07) is 2.05. The fourth-order valence-corrected chi connectivity index (χ4v) is 1.81. The molecular formula is C11H17N3O. The molecule has 4 heteroatoms. The molecule has 4 nitrogen and oxygen atoms in total. The predicted molar refractivity (Wildman–Crippen MR) is 57.7 cm³/mol. The van der Waals surface area contributed by atoms with Crippen LogP contribution in [-0.2, 0) is 11.2 Å². The van der Waals surface area contributed by atoms with Crippen LogP contribution >= 0.6 is 0 Å². The third-order valence-corrected chi connectivity index (χ3v) is 2.57. The molecule has 1 unspecified atom stereocenters. The van der Waals surface area contributed by atoms with E-state index in [0.717, 1.165) is 44.1 Å². The highest BCUT2D eigenvalue weighted by molar-refractivity contribution is 5.07. The molecule has 1 aliphatic heterocycles. The fraction of sp³-hybridized carbons (Fsp3) is 0.636. The van der Waals surface area contributed by atoms with E-state index >= 15 is 0 Å². The van der Waals surface area contributed by atoms with Gasteiger partial charge in [-0.3, -0.25) is 0 Å². The second kappa shape index (κ2) is 5.19. The molecule has 0 spiro atoms. The normalized spacial score (nSPS) is 22.3. The smallest absolute Gasteiger partial charge is 0.115 e. The number of ether oxygens (including phenoxy) is 1. The van der Waals surface area contributed by atoms with Crippen LogP contribution in [0.15, 0.2) is 12.4 Å². The van der Waals surface area contributed by atoms with Crippen molar-refractivity contribution in [3.05, 3.63) is 23.8 Å². The molecule has 0 radical (unpaired) electrons. The Balaban J connectivity index is 1.95. The van der Waals surface area contributed by atoms with Crippen molar-refractivity contribution in [1.82, 2.24) is 15.3 Å². The van der Waals surface area contributed by atoms with Gasteiger partial charge in [-0.1, -0.05) is 0 Å². The minimum Gasteiger partial charge on any atom is -0.380 e. The summed E-state index contributed by atoms with van der Waals surface area (Å²) in [5, 5.41) is 3.36. The second-order valence-corrected chi connectivity index (χ2v) is 4.00. The Hall–Kier alpha value is -1.00. The van der Waals surface area contributed by atoms with Crippen molar-refractivity contribution < 1.29 is 4.74 Å². The van der Waals surface area contributed by atoms with Gasteiger partial charge < -0.3 is 10.1 Å². The van der Waals surface area contributed by atoms with Gasteiger partial charge in [0, 0.05) is 30.4 Å². The molecule has 1 saturated heterocycles. The summed E-state index contributed by atoms with van der Waals surface area (Å²) in [6.07, 6.45) is 2.60. The van der Waals surface area contributed by atoms with Crippen molar-refractivity contribution in [3.63, 3.8) is 0 Å². The Morgan fingerprint density at radius 1 is 1.53 bits per heavy atom. The molecular weight excluding hydrogens is 190 g/mol. The molecule has 0 saturated carbocycles. The number of aryl methyl sites for hydroxylation is 1. The van der Waals surface area contributed by atoms with Crippen molar-refractivity contribution >= 4 is 0 Å². The van der Waals surface area contributed by atoms with Crippen LogP contribution in [0.4, 0.5) is 0 Å². The molecule has 2 heterocycles. The van der Waals surface area contributed by atoms with E-state index in [9.17, 15) is 0 Å². The lowest BCUT2D eigenvalue weighted by Crippen LogP contribution is -2.24. The Bertz CT molecular complexity index is 308. The van der Waals surface area contributed by atoms with Gasteiger partial charge in [-0.25, -0.2) is 9.97 Å². The van der Waals surface area contributed by atoms with Crippen molar-refractivity contribution in [2.45, 2.75) is 13.3 Å². The average molecular weight is 207 g/mol. The fourth-order valence-electron chi connectivity index (χ4n) is 1.81. The molecule has 2 rings (SSSR count). The van der Waals surface area contributed by atoms with E-state index in [-0.39, 0.29) is 0 Å². The summed E-state index contributed by atoms with van der Waals surface area (Å²) >= 11 is 0. The predicted octanol–water partition coefficient (Wildman–Crippen LogP) is 0.564. The third-order valence-electron chi connectivity index (χ3n) is 2.57. The average Bonchev–Trinajstić information content (AvgIpc) is 2.46. The number of nitrogens with one attached hydrogen (secondary N) is 1. The molecule has 0 amide bonds. The molecule has 1 fully saturated rings. The molecule has 1 aromatic rings. The van der Waals surface area contributed by atoms with Gasteiger partial charge >= 0.3 is 0 Å². The van der Waals surface area contributed by atoms with Crippen LogP contribution in [-0.4, -0.2) is 36.3 Å². The van der Waals surface area contributed by atoms with Crippen LogP contribution in [0.5, 0.6) is 0 Å². The van der Waals surface area contributed by atoms with E-state index in [1.165, 1.54) is 0 Å². The zero-order chi connectivity index (χ0) is 10.5. The lowest BCUT2D eigenvalue weighted by Gasteiger charge is -2.12. The number of hydrogen-bond donors (Lipinski definition) is 1. The van der Waals surface area contributed by atoms with Crippen molar-refractivity contribution in [2.24, 2.45) is 5.92 Å². The third kappa shape index (κ3) is 3.25. The van der Waals surface area contributed by atoms with Gasteiger partial charge in [-0.15, -0.1) is 0 Å². The standard InChI is InChI=1S/C11H17N3O/c1-9-4-11(14-8-13-9)5-10-6-12-2-3-15-7-10/h4,8,10,12H,2-3,5-7H2,1H3. The van der Waals surface area contributed by atoms with E-state index < -0.39 is 0 Å². The number of rotatable bonds is 2. The Morgan fingerprint density at radius 2 is 2.47 bits per heavy atom. The van der Waals surface area contributed by atoms with E-state index in [0.29, 0.717) is 5.92 Å². The highest BCUT2D eigenvalue weighted by Crippen LogP contribution is 2.08. The van der Waals surface area contributed by atoms with Crippen LogP contribution in [0.25, 0.3) is 0 Å². The summed E-state index contributed by atoms with van der Waals surface area (Å²) in [4.78, 5) is 8.36. The van der Waals surface area contributed by atoms with Crippen LogP contribution in [0, 0.1) is 12.8 Å². The van der Waals surface area contributed by atoms with Gasteiger partial charge in [0.2, 0.25) is 0 Å². The van der Waals surface area contributed by atoms with Gasteiger partial charge in [0.15, 0.2) is 0 Å². The molecule has 82 valence electrons. The van der Waals surface area contributed by atoms with Crippen molar-refractivity contribution in [1.29, 1.82) is 0 Å². The largest absolute Gasteiger partial charge is 0.380 e. The zero-order valence-corrected chi connectivity index (χ0v) is 9.07. The molecule has 15 heavy (non-hydrogen) atoms. The minimum absolute atomic E-state index is 0.529. The summed E-state index contributed by atoms with van der Waals surface area (Å²) < 4.78 is 5.50. The van der Waals surface area contributed by atoms with Crippen molar-refractivity contribution in [2.75, 3.05) is 26.3 Å². The van der Waals surface area contributed by atoms with Crippen LogP contribution < -0.4 is 5.32 Å². The van der Waals surface area contributed by atoms with Crippen LogP contribution in [0.3, 0.4) is 0 Å². The van der Waals surface area contributed by atoms with E-state index in [2.05, 4.69) is 15.3 Å². The molecule has 1 atom stereocenters. The lowest BCUT2D eigenvalue weighted by atomic mass is 10.0. The minimum atomic E-state index is 0.529. The quantitative estimate of drug-likeness (QED) is 0.770. The summed E-state index contributed by atoms with van der Waals surface area (Å²) in [7, 11) is 0. The van der Waals surface area contributed by atoms with Gasteiger partial charge in [-0.2, -0.15) is 0 Å². The molecule has 1 aromatic heterocycles. The molecule has 0 bridgehead atoms. The summed E-state index contributed by atoms with van der Waals surface area (Å²) in [5.41, 5.74) is 2.14. The highest BCUT2D eigenvalue weighted by Gasteiger charge is 2.13. The second-order valence-electron chi connectivity index (χ2n) is 4.00. The number of hydrogen-bond acceptors (Lipinski definition) is 4. The first-order valence-electron chi connectivity index (χ1n) is 5.40. The SMILES string of the molecule is Cc1cc(CC2CNCCOC2)ncn1. The number of aromatic nitrogens is 2. The maximum atomic E-state index is 5.50. The van der Waals surface area contributed by atoms with E-state index in [4.69, 9.17) is 4.74 Å². The molecule has 0 aliphatic carbocycles.